The Morgan fingerprint density at radius 3 is 2.58 bits per heavy atom. The van der Waals surface area contributed by atoms with E-state index < -0.39 is 18.2 Å². The van der Waals surface area contributed by atoms with Crippen molar-refractivity contribution in [2.45, 2.75) is 12.2 Å². The molecule has 1 rings (SSSR count). The predicted molar refractivity (Wildman–Crippen MR) is 37.3 cm³/mol. The number of hydrogen-bond donors (Lipinski definition) is 3. The van der Waals surface area contributed by atoms with Crippen LogP contribution in [0.3, 0.4) is 0 Å². The molecule has 12 heavy (non-hydrogen) atoms. The second kappa shape index (κ2) is 3.38. The molecule has 2 unspecified atom stereocenters. The molecule has 2 atom stereocenters. The number of hydrogen-bond acceptors (Lipinski definition) is 4. The molecular weight excluding hydrogens is 164 g/mol. The maximum Gasteiger partial charge on any atom is 0.335 e. The average Bonchev–Trinajstić information content (AvgIpc) is 2.53. The number of rotatable bonds is 3. The zero-order chi connectivity index (χ0) is 9.14. The second-order valence-corrected chi connectivity index (χ2v) is 2.24. The highest BCUT2D eigenvalue weighted by atomic mass is 16.4. The molecule has 0 aromatic carbocycles. The van der Waals surface area contributed by atoms with E-state index >= 15 is 0 Å². The smallest absolute Gasteiger partial charge is 0.335 e. The van der Waals surface area contributed by atoms with Crippen LogP contribution in [0.5, 0.6) is 0 Å². The number of aliphatic hydroxyl groups excluding tert-OH is 2. The van der Waals surface area contributed by atoms with Gasteiger partial charge in [-0.25, -0.2) is 4.79 Å². The van der Waals surface area contributed by atoms with E-state index in [0.29, 0.717) is 0 Å². The first-order valence-electron chi connectivity index (χ1n) is 3.25. The van der Waals surface area contributed by atoms with Gasteiger partial charge in [0.05, 0.1) is 6.26 Å². The first-order chi connectivity index (χ1) is 5.63. The van der Waals surface area contributed by atoms with Gasteiger partial charge in [-0.05, 0) is 12.1 Å². The van der Waals surface area contributed by atoms with E-state index in [9.17, 15) is 4.79 Å². The van der Waals surface area contributed by atoms with Gasteiger partial charge in [-0.1, -0.05) is 0 Å². The van der Waals surface area contributed by atoms with E-state index in [1.165, 1.54) is 18.4 Å². The molecule has 0 fully saturated rings. The number of aliphatic hydroxyl groups is 2. The zero-order valence-electron chi connectivity index (χ0n) is 6.04. The Labute approximate surface area is 67.9 Å². The summed E-state index contributed by atoms with van der Waals surface area (Å²) in [5.41, 5.74) is 0. The van der Waals surface area contributed by atoms with E-state index in [0.717, 1.165) is 0 Å². The number of furan rings is 1. The largest absolute Gasteiger partial charge is 0.479 e. The molecule has 5 heteroatoms. The van der Waals surface area contributed by atoms with Gasteiger partial charge in [-0.3, -0.25) is 0 Å². The van der Waals surface area contributed by atoms with Crippen LogP contribution in [0, 0.1) is 0 Å². The molecule has 1 aromatic rings. The maximum atomic E-state index is 10.2. The van der Waals surface area contributed by atoms with E-state index in [-0.39, 0.29) is 5.76 Å². The summed E-state index contributed by atoms with van der Waals surface area (Å²) >= 11 is 0. The summed E-state index contributed by atoms with van der Waals surface area (Å²) in [4.78, 5) is 10.2. The third-order valence-electron chi connectivity index (χ3n) is 1.39. The molecule has 0 aliphatic rings. The summed E-state index contributed by atoms with van der Waals surface area (Å²) in [5.74, 6) is -1.45. The number of aliphatic carboxylic acids is 1. The third-order valence-corrected chi connectivity index (χ3v) is 1.39. The number of carboxylic acid groups (broad SMARTS) is 1. The fourth-order valence-electron chi connectivity index (χ4n) is 0.750. The van der Waals surface area contributed by atoms with Crippen molar-refractivity contribution in [1.29, 1.82) is 0 Å². The van der Waals surface area contributed by atoms with Gasteiger partial charge in [0.2, 0.25) is 0 Å². The minimum atomic E-state index is -1.85. The summed E-state index contributed by atoms with van der Waals surface area (Å²) < 4.78 is 4.69. The Balaban J connectivity index is 2.71. The van der Waals surface area contributed by atoms with Gasteiger partial charge in [0.15, 0.2) is 6.10 Å². The number of carboxylic acids is 1. The summed E-state index contributed by atoms with van der Waals surface area (Å²) in [5, 5.41) is 26.3. The van der Waals surface area contributed by atoms with Crippen molar-refractivity contribution < 1.29 is 24.5 Å². The fourth-order valence-corrected chi connectivity index (χ4v) is 0.750. The van der Waals surface area contributed by atoms with Crippen LogP contribution in [0.2, 0.25) is 0 Å². The molecule has 1 heterocycles. The summed E-state index contributed by atoms with van der Waals surface area (Å²) in [6.45, 7) is 0. The van der Waals surface area contributed by atoms with Crippen molar-refractivity contribution in [1.82, 2.24) is 0 Å². The molecule has 66 valence electrons. The van der Waals surface area contributed by atoms with E-state index in [4.69, 9.17) is 19.7 Å². The molecule has 0 saturated carbocycles. The molecular formula is C7H8O5. The van der Waals surface area contributed by atoms with E-state index in [1.807, 2.05) is 0 Å². The van der Waals surface area contributed by atoms with Crippen LogP contribution in [0.4, 0.5) is 0 Å². The SMILES string of the molecule is O=C(O)C(O)C(O)c1ccco1. The van der Waals surface area contributed by atoms with Gasteiger partial charge in [-0.2, -0.15) is 0 Å². The topological polar surface area (TPSA) is 90.9 Å². The summed E-state index contributed by atoms with van der Waals surface area (Å²) in [6.07, 6.45) is -2.08. The highest BCUT2D eigenvalue weighted by molar-refractivity contribution is 5.72. The molecule has 1 aromatic heterocycles. The fraction of sp³-hybridized carbons (Fsp3) is 0.286. The number of carbonyl (C=O) groups is 1. The van der Waals surface area contributed by atoms with Crippen LogP contribution in [0.15, 0.2) is 22.8 Å². The van der Waals surface area contributed by atoms with Crippen molar-refractivity contribution in [2.75, 3.05) is 0 Å². The van der Waals surface area contributed by atoms with Gasteiger partial charge < -0.3 is 19.7 Å². The zero-order valence-corrected chi connectivity index (χ0v) is 6.04. The maximum absolute atomic E-state index is 10.2. The van der Waals surface area contributed by atoms with Crippen molar-refractivity contribution in [3.05, 3.63) is 24.2 Å². The highest BCUT2D eigenvalue weighted by Gasteiger charge is 2.26. The first kappa shape index (κ1) is 8.76. The lowest BCUT2D eigenvalue weighted by atomic mass is 10.1. The van der Waals surface area contributed by atoms with Crippen molar-refractivity contribution in [2.24, 2.45) is 0 Å². The van der Waals surface area contributed by atoms with E-state index in [1.54, 1.807) is 0 Å². The van der Waals surface area contributed by atoms with Gasteiger partial charge in [0.1, 0.15) is 11.9 Å². The Kier molecular flexibility index (Phi) is 2.47. The van der Waals surface area contributed by atoms with E-state index in [2.05, 4.69) is 0 Å². The molecule has 0 radical (unpaired) electrons. The van der Waals surface area contributed by atoms with Crippen LogP contribution in [0.25, 0.3) is 0 Å². The monoisotopic (exact) mass is 172 g/mol. The minimum absolute atomic E-state index is 0.0323. The highest BCUT2D eigenvalue weighted by Crippen LogP contribution is 2.16. The molecule has 0 spiro atoms. The minimum Gasteiger partial charge on any atom is -0.479 e. The van der Waals surface area contributed by atoms with Crippen LogP contribution in [-0.2, 0) is 4.79 Å². The van der Waals surface area contributed by atoms with Gasteiger partial charge in [0, 0.05) is 0 Å². The lowest BCUT2D eigenvalue weighted by molar-refractivity contribution is -0.153. The van der Waals surface area contributed by atoms with Crippen LogP contribution >= 0.6 is 0 Å². The van der Waals surface area contributed by atoms with Gasteiger partial charge >= 0.3 is 5.97 Å². The molecule has 0 amide bonds. The van der Waals surface area contributed by atoms with Crippen LogP contribution < -0.4 is 0 Å². The summed E-state index contributed by atoms with van der Waals surface area (Å²) in [6, 6.07) is 2.88. The molecule has 5 nitrogen and oxygen atoms in total. The van der Waals surface area contributed by atoms with Crippen LogP contribution in [-0.4, -0.2) is 27.4 Å². The quantitative estimate of drug-likeness (QED) is 0.585. The average molecular weight is 172 g/mol. The summed E-state index contributed by atoms with van der Waals surface area (Å²) in [7, 11) is 0. The molecule has 3 N–H and O–H groups in total. The predicted octanol–water partition coefficient (Wildman–Crippen LogP) is -0.241. The Bertz CT molecular complexity index is 253. The van der Waals surface area contributed by atoms with Crippen LogP contribution in [0.1, 0.15) is 11.9 Å². The van der Waals surface area contributed by atoms with Gasteiger partial charge in [0.25, 0.3) is 0 Å². The molecule has 0 bridgehead atoms. The van der Waals surface area contributed by atoms with Crippen molar-refractivity contribution in [3.63, 3.8) is 0 Å². The normalized spacial score (nSPS) is 15.5. The van der Waals surface area contributed by atoms with Crippen molar-refractivity contribution >= 4 is 5.97 Å². The standard InChI is InChI=1S/C7H8O5/c8-5(6(9)7(10)11)4-2-1-3-12-4/h1-3,5-6,8-9H,(H,10,11). The van der Waals surface area contributed by atoms with Crippen molar-refractivity contribution in [3.8, 4) is 0 Å². The van der Waals surface area contributed by atoms with Gasteiger partial charge in [-0.15, -0.1) is 0 Å². The Morgan fingerprint density at radius 2 is 2.17 bits per heavy atom. The lowest BCUT2D eigenvalue weighted by Crippen LogP contribution is -2.27. The Hall–Kier alpha value is -1.33. The first-order valence-corrected chi connectivity index (χ1v) is 3.25. The third kappa shape index (κ3) is 1.63. The second-order valence-electron chi connectivity index (χ2n) is 2.24. The molecule has 0 aliphatic heterocycles. The molecule has 0 saturated heterocycles. The molecule has 0 aliphatic carbocycles. The lowest BCUT2D eigenvalue weighted by Gasteiger charge is -2.10. The Morgan fingerprint density at radius 1 is 1.50 bits per heavy atom.